The third-order valence-electron chi connectivity index (χ3n) is 3.86. The van der Waals surface area contributed by atoms with Gasteiger partial charge in [0.1, 0.15) is 0 Å². The van der Waals surface area contributed by atoms with E-state index in [1.54, 1.807) is 0 Å². The predicted octanol–water partition coefficient (Wildman–Crippen LogP) is 1.59. The van der Waals surface area contributed by atoms with Crippen molar-refractivity contribution in [3.05, 3.63) is 35.4 Å². The van der Waals surface area contributed by atoms with Crippen LogP contribution in [0.15, 0.2) is 24.3 Å². The van der Waals surface area contributed by atoms with Gasteiger partial charge < -0.3 is 5.32 Å². The Morgan fingerprint density at radius 3 is 2.37 bits per heavy atom. The van der Waals surface area contributed by atoms with Crippen LogP contribution in [0.1, 0.15) is 18.1 Å². The second kappa shape index (κ2) is 7.63. The van der Waals surface area contributed by atoms with Crippen molar-refractivity contribution in [2.24, 2.45) is 0 Å². The summed E-state index contributed by atoms with van der Waals surface area (Å²) < 4.78 is 0. The molecule has 0 saturated carbocycles. The maximum atomic E-state index is 3.40. The van der Waals surface area contributed by atoms with E-state index in [-0.39, 0.29) is 0 Å². The van der Waals surface area contributed by atoms with Crippen molar-refractivity contribution in [3.63, 3.8) is 0 Å². The molecule has 1 aromatic rings. The molecule has 1 fully saturated rings. The number of nitrogens with zero attached hydrogens (tertiary/aromatic N) is 2. The Labute approximate surface area is 117 Å². The standard InChI is InChI=1S/C16H27N3/c1-3-15-4-6-16(7-5-15)8-11-18(2)14-19-12-9-17-10-13-19/h4-7,17H,3,8-14H2,1-2H3. The van der Waals surface area contributed by atoms with Crippen LogP contribution in [-0.2, 0) is 12.8 Å². The molecular formula is C16H27N3. The van der Waals surface area contributed by atoms with E-state index in [9.17, 15) is 0 Å². The van der Waals surface area contributed by atoms with Gasteiger partial charge in [-0.15, -0.1) is 0 Å². The van der Waals surface area contributed by atoms with E-state index in [0.29, 0.717) is 0 Å². The number of aryl methyl sites for hydroxylation is 1. The van der Waals surface area contributed by atoms with Crippen molar-refractivity contribution < 1.29 is 0 Å². The number of benzene rings is 1. The first kappa shape index (κ1) is 14.5. The first-order chi connectivity index (χ1) is 9.28. The molecule has 1 aromatic carbocycles. The summed E-state index contributed by atoms with van der Waals surface area (Å²) in [4.78, 5) is 4.95. The number of hydrogen-bond donors (Lipinski definition) is 1. The largest absolute Gasteiger partial charge is 0.314 e. The fourth-order valence-electron chi connectivity index (χ4n) is 2.53. The van der Waals surface area contributed by atoms with Crippen LogP contribution in [0.4, 0.5) is 0 Å². The van der Waals surface area contributed by atoms with Gasteiger partial charge in [0.05, 0.1) is 6.67 Å². The molecule has 0 aliphatic carbocycles. The summed E-state index contributed by atoms with van der Waals surface area (Å²) in [5.74, 6) is 0. The average molecular weight is 261 g/mol. The van der Waals surface area contributed by atoms with Gasteiger partial charge in [-0.05, 0) is 31.0 Å². The van der Waals surface area contributed by atoms with Crippen molar-refractivity contribution >= 4 is 0 Å². The lowest BCUT2D eigenvalue weighted by Crippen LogP contribution is -2.47. The summed E-state index contributed by atoms with van der Waals surface area (Å²) in [6.45, 7) is 9.05. The zero-order chi connectivity index (χ0) is 13.5. The number of likely N-dealkylation sites (N-methyl/N-ethyl adjacent to an activating group) is 1. The molecule has 2 rings (SSSR count). The maximum Gasteiger partial charge on any atom is 0.0504 e. The molecule has 1 N–H and O–H groups in total. The molecule has 1 aliphatic heterocycles. The Morgan fingerprint density at radius 1 is 1.11 bits per heavy atom. The molecule has 1 saturated heterocycles. The van der Waals surface area contributed by atoms with E-state index in [0.717, 1.165) is 39.1 Å². The van der Waals surface area contributed by atoms with Crippen molar-refractivity contribution in [2.45, 2.75) is 19.8 Å². The third-order valence-corrected chi connectivity index (χ3v) is 3.86. The molecule has 0 atom stereocenters. The molecule has 1 aliphatic rings. The minimum absolute atomic E-state index is 1.09. The highest BCUT2D eigenvalue weighted by molar-refractivity contribution is 5.22. The molecule has 0 bridgehead atoms. The Hall–Kier alpha value is -0.900. The summed E-state index contributed by atoms with van der Waals surface area (Å²) in [5, 5.41) is 3.40. The van der Waals surface area contributed by atoms with E-state index >= 15 is 0 Å². The van der Waals surface area contributed by atoms with Crippen LogP contribution in [0.5, 0.6) is 0 Å². The number of rotatable bonds is 6. The quantitative estimate of drug-likeness (QED) is 0.839. The lowest BCUT2D eigenvalue weighted by molar-refractivity contribution is 0.140. The van der Waals surface area contributed by atoms with Crippen LogP contribution < -0.4 is 5.32 Å². The van der Waals surface area contributed by atoms with Crippen LogP contribution in [0.2, 0.25) is 0 Å². The minimum Gasteiger partial charge on any atom is -0.314 e. The Bertz CT molecular complexity index is 355. The van der Waals surface area contributed by atoms with E-state index in [1.807, 2.05) is 0 Å². The zero-order valence-electron chi connectivity index (χ0n) is 12.4. The average Bonchev–Trinajstić information content (AvgIpc) is 2.47. The van der Waals surface area contributed by atoms with Gasteiger partial charge >= 0.3 is 0 Å². The number of hydrogen-bond acceptors (Lipinski definition) is 3. The lowest BCUT2D eigenvalue weighted by Gasteiger charge is -2.31. The van der Waals surface area contributed by atoms with Crippen LogP contribution in [0.3, 0.4) is 0 Å². The second-order valence-corrected chi connectivity index (χ2v) is 5.51. The lowest BCUT2D eigenvalue weighted by atomic mass is 10.1. The highest BCUT2D eigenvalue weighted by Crippen LogP contribution is 2.06. The molecule has 0 spiro atoms. The van der Waals surface area contributed by atoms with Crippen LogP contribution in [-0.4, -0.2) is 56.2 Å². The van der Waals surface area contributed by atoms with Gasteiger partial charge in [0.2, 0.25) is 0 Å². The first-order valence-electron chi connectivity index (χ1n) is 7.47. The molecule has 3 nitrogen and oxygen atoms in total. The second-order valence-electron chi connectivity index (χ2n) is 5.51. The van der Waals surface area contributed by atoms with Crippen LogP contribution >= 0.6 is 0 Å². The topological polar surface area (TPSA) is 18.5 Å². The highest BCUT2D eigenvalue weighted by Gasteiger charge is 2.11. The van der Waals surface area contributed by atoms with E-state index in [2.05, 4.69) is 53.4 Å². The normalized spacial score (nSPS) is 17.0. The fourth-order valence-corrected chi connectivity index (χ4v) is 2.53. The molecular weight excluding hydrogens is 234 g/mol. The summed E-state index contributed by atoms with van der Waals surface area (Å²) in [6, 6.07) is 9.06. The molecule has 1 heterocycles. The molecule has 0 amide bonds. The minimum atomic E-state index is 1.09. The summed E-state index contributed by atoms with van der Waals surface area (Å²) in [7, 11) is 2.22. The first-order valence-corrected chi connectivity index (χ1v) is 7.47. The monoisotopic (exact) mass is 261 g/mol. The molecule has 0 radical (unpaired) electrons. The molecule has 106 valence electrons. The van der Waals surface area contributed by atoms with Gasteiger partial charge in [-0.2, -0.15) is 0 Å². The predicted molar refractivity (Wildman–Crippen MR) is 81.5 cm³/mol. The van der Waals surface area contributed by atoms with Gasteiger partial charge in [-0.25, -0.2) is 0 Å². The molecule has 0 aromatic heterocycles. The van der Waals surface area contributed by atoms with Crippen molar-refractivity contribution in [1.82, 2.24) is 15.1 Å². The van der Waals surface area contributed by atoms with E-state index in [4.69, 9.17) is 0 Å². The zero-order valence-corrected chi connectivity index (χ0v) is 12.4. The van der Waals surface area contributed by atoms with Gasteiger partial charge in [0.15, 0.2) is 0 Å². The summed E-state index contributed by atoms with van der Waals surface area (Å²) in [5.41, 5.74) is 2.88. The van der Waals surface area contributed by atoms with Gasteiger partial charge in [0, 0.05) is 32.7 Å². The van der Waals surface area contributed by atoms with Gasteiger partial charge in [-0.3, -0.25) is 9.80 Å². The van der Waals surface area contributed by atoms with E-state index < -0.39 is 0 Å². The Kier molecular flexibility index (Phi) is 5.83. The maximum absolute atomic E-state index is 3.40. The number of piperazine rings is 1. The SMILES string of the molecule is CCc1ccc(CCN(C)CN2CCNCC2)cc1. The van der Waals surface area contributed by atoms with Crippen molar-refractivity contribution in [3.8, 4) is 0 Å². The van der Waals surface area contributed by atoms with E-state index in [1.165, 1.54) is 24.2 Å². The van der Waals surface area contributed by atoms with Crippen molar-refractivity contribution in [1.29, 1.82) is 0 Å². The molecule has 3 heteroatoms. The summed E-state index contributed by atoms with van der Waals surface area (Å²) in [6.07, 6.45) is 2.27. The number of nitrogens with one attached hydrogen (secondary N) is 1. The Morgan fingerprint density at radius 2 is 1.74 bits per heavy atom. The Balaban J connectivity index is 1.71. The van der Waals surface area contributed by atoms with Crippen molar-refractivity contribution in [2.75, 3.05) is 46.4 Å². The van der Waals surface area contributed by atoms with Gasteiger partial charge in [-0.1, -0.05) is 31.2 Å². The van der Waals surface area contributed by atoms with Gasteiger partial charge in [0.25, 0.3) is 0 Å². The summed E-state index contributed by atoms with van der Waals surface area (Å²) >= 11 is 0. The van der Waals surface area contributed by atoms with Crippen LogP contribution in [0, 0.1) is 0 Å². The fraction of sp³-hybridized carbons (Fsp3) is 0.625. The third kappa shape index (κ3) is 4.94. The highest BCUT2D eigenvalue weighted by atomic mass is 15.3. The molecule has 19 heavy (non-hydrogen) atoms. The smallest absolute Gasteiger partial charge is 0.0504 e. The molecule has 0 unspecified atom stereocenters. The van der Waals surface area contributed by atoms with Crippen LogP contribution in [0.25, 0.3) is 0 Å².